The van der Waals surface area contributed by atoms with Gasteiger partial charge in [-0.25, -0.2) is 4.79 Å². The van der Waals surface area contributed by atoms with Crippen LogP contribution >= 0.6 is 0 Å². The zero-order valence-corrected chi connectivity index (χ0v) is 17.5. The Bertz CT molecular complexity index is 445. The quantitative estimate of drug-likeness (QED) is 0.366. The van der Waals surface area contributed by atoms with E-state index < -0.39 is 5.60 Å². The van der Waals surface area contributed by atoms with Crippen molar-refractivity contribution in [3.63, 3.8) is 0 Å². The second kappa shape index (κ2) is 8.05. The fourth-order valence-electron chi connectivity index (χ4n) is 1.83. The summed E-state index contributed by atoms with van der Waals surface area (Å²) in [7, 11) is 2.07. The van der Waals surface area contributed by atoms with Gasteiger partial charge in [0.25, 0.3) is 0 Å². The van der Waals surface area contributed by atoms with Crippen LogP contribution in [-0.4, -0.2) is 43.7 Å². The van der Waals surface area contributed by atoms with Crippen LogP contribution in [0.4, 0.5) is 0 Å². The maximum atomic E-state index is 11.7. The van der Waals surface area contributed by atoms with Gasteiger partial charge in [0.15, 0.2) is 0 Å². The Morgan fingerprint density at radius 3 is 1.92 bits per heavy atom. The highest BCUT2D eigenvalue weighted by molar-refractivity contribution is 6.14. The molecule has 0 spiro atoms. The summed E-state index contributed by atoms with van der Waals surface area (Å²) in [5, 5.41) is 0. The number of rotatable bonds is 9. The highest BCUT2D eigenvalue weighted by atomic mass is 16.6. The monoisotopic (exact) mass is 340 g/mol. The van der Waals surface area contributed by atoms with E-state index >= 15 is 0 Å². The number of carbonyl (C=O) groups excluding carboxylic acids is 1. The predicted octanol–water partition coefficient (Wildman–Crippen LogP) is 3.48. The zero-order chi connectivity index (χ0) is 19.4. The number of hydrogen-bond donors (Lipinski definition) is 0. The molecule has 4 nitrogen and oxygen atoms in total. The lowest BCUT2D eigenvalue weighted by Gasteiger charge is -2.44. The molecule has 0 aromatic heterocycles. The Kier molecular flexibility index (Phi) is 7.78. The summed E-state index contributed by atoms with van der Waals surface area (Å²) in [6.45, 7) is 22.5. The summed E-state index contributed by atoms with van der Waals surface area (Å²) < 4.78 is 17.5. The van der Waals surface area contributed by atoms with E-state index in [4.69, 9.17) is 14.2 Å². The van der Waals surface area contributed by atoms with Gasteiger partial charge in [-0.1, -0.05) is 20.4 Å². The molecule has 0 aliphatic carbocycles. The molecule has 1 unspecified atom stereocenters. The Labute approximate surface area is 149 Å². The molecule has 0 aromatic carbocycles. The Morgan fingerprint density at radius 1 is 1.00 bits per heavy atom. The first kappa shape index (κ1) is 23.2. The summed E-state index contributed by atoms with van der Waals surface area (Å²) in [5.74, 6) is -0.390. The molecule has 0 N–H and O–H groups in total. The second-order valence-corrected chi connectivity index (χ2v) is 9.32. The fraction of sp³-hybridized carbons (Fsp3) is 0.842. The van der Waals surface area contributed by atoms with Crippen molar-refractivity contribution in [2.45, 2.75) is 85.4 Å². The van der Waals surface area contributed by atoms with Gasteiger partial charge in [0.05, 0.1) is 12.2 Å². The predicted molar refractivity (Wildman–Crippen MR) is 102 cm³/mol. The molecule has 24 heavy (non-hydrogen) atoms. The molecule has 0 bridgehead atoms. The average molecular weight is 340 g/mol. The van der Waals surface area contributed by atoms with E-state index in [2.05, 4.69) is 56.0 Å². The molecule has 0 aliphatic rings. The van der Waals surface area contributed by atoms with E-state index in [0.717, 1.165) is 6.42 Å². The third kappa shape index (κ3) is 8.34. The van der Waals surface area contributed by atoms with E-state index in [9.17, 15) is 4.79 Å². The van der Waals surface area contributed by atoms with E-state index in [1.54, 1.807) is 6.92 Å². The largest absolute Gasteiger partial charge is 0.454 e. The van der Waals surface area contributed by atoms with Gasteiger partial charge in [0.2, 0.25) is 0 Å². The smallest absolute Gasteiger partial charge is 0.333 e. The van der Waals surface area contributed by atoms with E-state index in [1.165, 1.54) is 0 Å². The summed E-state index contributed by atoms with van der Waals surface area (Å²) in [6.07, 6.45) is 0.878. The summed E-state index contributed by atoms with van der Waals surface area (Å²) in [6, 6.07) is 0. The van der Waals surface area contributed by atoms with Crippen LogP contribution in [0.15, 0.2) is 12.2 Å². The van der Waals surface area contributed by atoms with E-state index in [1.807, 2.05) is 13.8 Å². The normalized spacial score (nSPS) is 15.7. The first-order valence-corrected chi connectivity index (χ1v) is 8.66. The number of ether oxygens (including phenoxy) is 3. The standard InChI is InChI=1S/C19H37BO4/c1-14(2)15(21)24-18(8,9)13-23-19(10,20)17(6,7)11-12-22-16(3,4)5/h1,11-13,20H2,2-10H3. The van der Waals surface area contributed by atoms with Gasteiger partial charge < -0.3 is 14.2 Å². The first-order chi connectivity index (χ1) is 10.5. The average Bonchev–Trinajstić information content (AvgIpc) is 2.34. The van der Waals surface area contributed by atoms with Gasteiger partial charge in [-0.3, -0.25) is 0 Å². The summed E-state index contributed by atoms with van der Waals surface area (Å²) in [4.78, 5) is 11.7. The molecule has 5 heteroatoms. The lowest BCUT2D eigenvalue weighted by molar-refractivity contribution is -0.166. The molecule has 0 saturated carbocycles. The minimum absolute atomic E-state index is 0.0906. The van der Waals surface area contributed by atoms with Crippen molar-refractivity contribution in [1.82, 2.24) is 0 Å². The SMILES string of the molecule is BC(C)(OCC(C)(C)OC(=O)C(=C)C)C(C)(C)CCOC(C)(C)C. The number of esters is 1. The zero-order valence-electron chi connectivity index (χ0n) is 17.5. The van der Waals surface area contributed by atoms with E-state index in [-0.39, 0.29) is 22.5 Å². The molecule has 140 valence electrons. The molecule has 0 amide bonds. The van der Waals surface area contributed by atoms with Crippen molar-refractivity contribution in [2.24, 2.45) is 5.41 Å². The van der Waals surface area contributed by atoms with Crippen LogP contribution < -0.4 is 0 Å². The maximum absolute atomic E-state index is 11.7. The molecule has 0 aromatic rings. The van der Waals surface area contributed by atoms with Crippen LogP contribution in [-0.2, 0) is 19.0 Å². The van der Waals surface area contributed by atoms with Crippen molar-refractivity contribution in [3.05, 3.63) is 12.2 Å². The summed E-state index contributed by atoms with van der Waals surface area (Å²) >= 11 is 0. The van der Waals surface area contributed by atoms with Gasteiger partial charge >= 0.3 is 5.97 Å². The molecular formula is C19H37BO4. The van der Waals surface area contributed by atoms with Gasteiger partial charge in [-0.15, -0.1) is 0 Å². The van der Waals surface area contributed by atoms with Crippen LogP contribution in [0.3, 0.4) is 0 Å². The van der Waals surface area contributed by atoms with Crippen LogP contribution in [0.5, 0.6) is 0 Å². The van der Waals surface area contributed by atoms with Crippen LogP contribution in [0.25, 0.3) is 0 Å². The molecule has 0 rings (SSSR count). The third-order valence-corrected chi connectivity index (χ3v) is 4.39. The number of carbonyl (C=O) groups is 1. The first-order valence-electron chi connectivity index (χ1n) is 8.66. The number of hydrogen-bond acceptors (Lipinski definition) is 4. The topological polar surface area (TPSA) is 44.8 Å². The molecule has 0 fully saturated rings. The lowest BCUT2D eigenvalue weighted by Crippen LogP contribution is -2.49. The van der Waals surface area contributed by atoms with Crippen LogP contribution in [0.2, 0.25) is 0 Å². The minimum Gasteiger partial charge on any atom is -0.454 e. The van der Waals surface area contributed by atoms with E-state index in [0.29, 0.717) is 18.8 Å². The highest BCUT2D eigenvalue weighted by Gasteiger charge is 2.39. The van der Waals surface area contributed by atoms with Gasteiger partial charge in [-0.05, 0) is 60.3 Å². The van der Waals surface area contributed by atoms with Crippen molar-refractivity contribution in [2.75, 3.05) is 13.2 Å². The third-order valence-electron chi connectivity index (χ3n) is 4.39. The van der Waals surface area contributed by atoms with Crippen molar-refractivity contribution in [3.8, 4) is 0 Å². The van der Waals surface area contributed by atoms with Crippen LogP contribution in [0.1, 0.15) is 68.7 Å². The lowest BCUT2D eigenvalue weighted by atomic mass is 9.62. The fourth-order valence-corrected chi connectivity index (χ4v) is 1.83. The maximum Gasteiger partial charge on any atom is 0.333 e. The molecule has 0 radical (unpaired) electrons. The molecule has 1 atom stereocenters. The Hall–Kier alpha value is -0.805. The molecular weight excluding hydrogens is 303 g/mol. The van der Waals surface area contributed by atoms with Gasteiger partial charge in [0.1, 0.15) is 13.4 Å². The molecule has 0 saturated heterocycles. The van der Waals surface area contributed by atoms with Gasteiger partial charge in [-0.2, -0.15) is 0 Å². The van der Waals surface area contributed by atoms with Crippen molar-refractivity contribution < 1.29 is 19.0 Å². The second-order valence-electron chi connectivity index (χ2n) is 9.32. The minimum atomic E-state index is -0.703. The Morgan fingerprint density at radius 2 is 1.50 bits per heavy atom. The van der Waals surface area contributed by atoms with Crippen molar-refractivity contribution >= 4 is 13.8 Å². The molecule has 0 heterocycles. The van der Waals surface area contributed by atoms with Crippen molar-refractivity contribution in [1.29, 1.82) is 0 Å². The van der Waals surface area contributed by atoms with Crippen LogP contribution in [0, 0.1) is 5.41 Å². The summed E-state index contributed by atoms with van der Waals surface area (Å²) in [5.41, 5.74) is -0.930. The molecule has 0 aliphatic heterocycles. The highest BCUT2D eigenvalue weighted by Crippen LogP contribution is 2.36. The Balaban J connectivity index is 4.69. The van der Waals surface area contributed by atoms with Gasteiger partial charge in [0, 0.05) is 17.7 Å².